The molecule has 1 N–H and O–H groups in total. The fourth-order valence-corrected chi connectivity index (χ4v) is 3.45. The molecule has 5 nitrogen and oxygen atoms in total. The third kappa shape index (κ3) is 3.59. The molecule has 2 aromatic heterocycles. The lowest BCUT2D eigenvalue weighted by Gasteiger charge is -2.11. The first-order valence-corrected chi connectivity index (χ1v) is 9.27. The van der Waals surface area contributed by atoms with Crippen LogP contribution < -0.4 is 5.32 Å². The number of oxazole rings is 1. The van der Waals surface area contributed by atoms with Crippen LogP contribution in [0.3, 0.4) is 0 Å². The molecule has 0 spiro atoms. The second-order valence-electron chi connectivity index (χ2n) is 6.20. The van der Waals surface area contributed by atoms with Crippen molar-refractivity contribution in [2.24, 2.45) is 0 Å². The van der Waals surface area contributed by atoms with Gasteiger partial charge in [-0.2, -0.15) is 0 Å². The number of amides is 1. The first kappa shape index (κ1) is 17.4. The zero-order chi connectivity index (χ0) is 19.0. The van der Waals surface area contributed by atoms with Gasteiger partial charge in [0.2, 0.25) is 5.89 Å². The molecule has 0 aliphatic heterocycles. The number of fused-ring (bicyclic) bond motifs is 1. The van der Waals surface area contributed by atoms with E-state index in [4.69, 9.17) is 4.42 Å². The summed E-state index contributed by atoms with van der Waals surface area (Å²) in [7, 11) is 0. The highest BCUT2D eigenvalue weighted by molar-refractivity contribution is 7.09. The van der Waals surface area contributed by atoms with Crippen molar-refractivity contribution in [3.8, 4) is 11.5 Å². The molecule has 1 amide bonds. The van der Waals surface area contributed by atoms with Gasteiger partial charge in [0.05, 0.1) is 16.7 Å². The van der Waals surface area contributed by atoms with Crippen LogP contribution >= 0.6 is 11.3 Å². The lowest BCUT2D eigenvalue weighted by atomic mass is 10.1. The van der Waals surface area contributed by atoms with Crippen LogP contribution in [0, 0.1) is 12.7 Å². The average molecular weight is 381 g/mol. The van der Waals surface area contributed by atoms with Gasteiger partial charge >= 0.3 is 0 Å². The van der Waals surface area contributed by atoms with E-state index in [9.17, 15) is 9.18 Å². The van der Waals surface area contributed by atoms with E-state index in [-0.39, 0.29) is 17.8 Å². The number of rotatable bonds is 4. The Hall–Kier alpha value is -3.06. The lowest BCUT2D eigenvalue weighted by Crippen LogP contribution is -2.26. The first-order chi connectivity index (χ1) is 13.0. The molecule has 0 aliphatic rings. The Kier molecular flexibility index (Phi) is 4.45. The topological polar surface area (TPSA) is 68.0 Å². The Balaban J connectivity index is 1.58. The van der Waals surface area contributed by atoms with Crippen LogP contribution in [0.1, 0.15) is 34.0 Å². The van der Waals surface area contributed by atoms with Crippen molar-refractivity contribution < 1.29 is 13.6 Å². The molecular weight excluding hydrogens is 365 g/mol. The monoisotopic (exact) mass is 381 g/mol. The number of thiazole rings is 1. The van der Waals surface area contributed by atoms with Crippen molar-refractivity contribution in [2.45, 2.75) is 19.9 Å². The highest BCUT2D eigenvalue weighted by atomic mass is 32.1. The number of nitrogens with zero attached hydrogens (tertiary/aromatic N) is 2. The molecule has 0 fully saturated rings. The highest BCUT2D eigenvalue weighted by Crippen LogP contribution is 2.25. The molecule has 4 rings (SSSR count). The molecule has 2 heterocycles. The van der Waals surface area contributed by atoms with Crippen LogP contribution in [0.25, 0.3) is 22.6 Å². The van der Waals surface area contributed by atoms with Crippen molar-refractivity contribution in [3.63, 3.8) is 0 Å². The second-order valence-corrected chi connectivity index (χ2v) is 7.26. The number of nitrogens with one attached hydrogen (secondary N) is 1. The van der Waals surface area contributed by atoms with Crippen molar-refractivity contribution in [1.29, 1.82) is 0 Å². The van der Waals surface area contributed by atoms with Crippen LogP contribution in [0.4, 0.5) is 4.39 Å². The van der Waals surface area contributed by atoms with Crippen molar-refractivity contribution in [1.82, 2.24) is 15.3 Å². The van der Waals surface area contributed by atoms with Gasteiger partial charge < -0.3 is 9.73 Å². The third-order valence-electron chi connectivity index (χ3n) is 4.15. The van der Waals surface area contributed by atoms with Gasteiger partial charge in [-0.1, -0.05) is 6.07 Å². The molecule has 136 valence electrons. The SMILES string of the molecule is Cc1nc(C(C)NC(=O)c2ccc3oc(-c4cccc(F)c4)nc3c2)cs1. The summed E-state index contributed by atoms with van der Waals surface area (Å²) in [4.78, 5) is 21.3. The van der Waals surface area contributed by atoms with Gasteiger partial charge in [0.25, 0.3) is 5.91 Å². The van der Waals surface area contributed by atoms with E-state index >= 15 is 0 Å². The predicted octanol–water partition coefficient (Wildman–Crippen LogP) is 4.89. The van der Waals surface area contributed by atoms with Crippen molar-refractivity contribution >= 4 is 28.3 Å². The van der Waals surface area contributed by atoms with Gasteiger partial charge in [0, 0.05) is 16.5 Å². The van der Waals surface area contributed by atoms with Crippen molar-refractivity contribution in [3.05, 3.63) is 69.9 Å². The maximum atomic E-state index is 13.4. The second kappa shape index (κ2) is 6.92. The summed E-state index contributed by atoms with van der Waals surface area (Å²) < 4.78 is 19.1. The van der Waals surface area contributed by atoms with Gasteiger partial charge in [-0.25, -0.2) is 14.4 Å². The van der Waals surface area contributed by atoms with E-state index in [1.165, 1.54) is 12.1 Å². The molecule has 0 saturated carbocycles. The number of halogens is 1. The summed E-state index contributed by atoms with van der Waals surface area (Å²) >= 11 is 1.55. The lowest BCUT2D eigenvalue weighted by molar-refractivity contribution is 0.0939. The van der Waals surface area contributed by atoms with E-state index in [1.807, 2.05) is 19.2 Å². The molecule has 1 unspecified atom stereocenters. The van der Waals surface area contributed by atoms with Crippen LogP contribution in [0.15, 0.2) is 52.3 Å². The standard InChI is InChI=1S/C20H16FN3O2S/c1-11(17-10-27-12(2)23-17)22-19(25)13-6-7-18-16(9-13)24-20(26-18)14-4-3-5-15(21)8-14/h3-11H,1-2H3,(H,22,25). The number of aromatic nitrogens is 2. The molecule has 0 radical (unpaired) electrons. The smallest absolute Gasteiger partial charge is 0.251 e. The minimum Gasteiger partial charge on any atom is -0.436 e. The Morgan fingerprint density at radius 3 is 2.81 bits per heavy atom. The van der Waals surface area contributed by atoms with Crippen LogP contribution in [0.2, 0.25) is 0 Å². The quantitative estimate of drug-likeness (QED) is 0.546. The number of carbonyl (C=O) groups is 1. The zero-order valence-electron chi connectivity index (χ0n) is 14.7. The van der Waals surface area contributed by atoms with Crippen LogP contribution in [-0.4, -0.2) is 15.9 Å². The molecule has 7 heteroatoms. The number of hydrogen-bond acceptors (Lipinski definition) is 5. The largest absolute Gasteiger partial charge is 0.436 e. The Morgan fingerprint density at radius 2 is 2.07 bits per heavy atom. The molecule has 2 aromatic carbocycles. The molecule has 4 aromatic rings. The van der Waals surface area contributed by atoms with E-state index in [1.54, 1.807) is 41.7 Å². The number of benzene rings is 2. The molecule has 0 aliphatic carbocycles. The summed E-state index contributed by atoms with van der Waals surface area (Å²) in [6.45, 7) is 3.82. The third-order valence-corrected chi connectivity index (χ3v) is 4.94. The zero-order valence-corrected chi connectivity index (χ0v) is 15.5. The first-order valence-electron chi connectivity index (χ1n) is 8.39. The predicted molar refractivity (Wildman–Crippen MR) is 102 cm³/mol. The van der Waals surface area contributed by atoms with E-state index < -0.39 is 0 Å². The molecular formula is C20H16FN3O2S. The minimum absolute atomic E-state index is 0.196. The van der Waals surface area contributed by atoms with E-state index in [2.05, 4.69) is 15.3 Å². The summed E-state index contributed by atoms with van der Waals surface area (Å²) in [5, 5.41) is 5.83. The van der Waals surface area contributed by atoms with Crippen LogP contribution in [-0.2, 0) is 0 Å². The van der Waals surface area contributed by atoms with Gasteiger partial charge in [0.1, 0.15) is 11.3 Å². The van der Waals surface area contributed by atoms with Crippen LogP contribution in [0.5, 0.6) is 0 Å². The summed E-state index contributed by atoms with van der Waals surface area (Å²) in [5.41, 5.74) is 2.93. The van der Waals surface area contributed by atoms with Gasteiger partial charge in [-0.15, -0.1) is 11.3 Å². The number of hydrogen-bond donors (Lipinski definition) is 1. The molecule has 0 bridgehead atoms. The van der Waals surface area contributed by atoms with Gasteiger partial charge in [0.15, 0.2) is 5.58 Å². The normalized spacial score (nSPS) is 12.3. The minimum atomic E-state index is -0.360. The Morgan fingerprint density at radius 1 is 1.22 bits per heavy atom. The summed E-state index contributed by atoms with van der Waals surface area (Å²) in [5.74, 6) is -0.264. The summed E-state index contributed by atoms with van der Waals surface area (Å²) in [6.07, 6.45) is 0. The van der Waals surface area contributed by atoms with E-state index in [0.717, 1.165) is 10.7 Å². The summed E-state index contributed by atoms with van der Waals surface area (Å²) in [6, 6.07) is 10.9. The molecule has 1 atom stereocenters. The highest BCUT2D eigenvalue weighted by Gasteiger charge is 2.16. The molecule has 27 heavy (non-hydrogen) atoms. The van der Waals surface area contributed by atoms with E-state index in [0.29, 0.717) is 28.1 Å². The van der Waals surface area contributed by atoms with Crippen molar-refractivity contribution in [2.75, 3.05) is 0 Å². The number of carbonyl (C=O) groups excluding carboxylic acids is 1. The fourth-order valence-electron chi connectivity index (χ4n) is 2.75. The maximum Gasteiger partial charge on any atom is 0.251 e. The Labute approximate surface area is 158 Å². The fraction of sp³-hybridized carbons (Fsp3) is 0.150. The van der Waals surface area contributed by atoms with Gasteiger partial charge in [-0.3, -0.25) is 4.79 Å². The maximum absolute atomic E-state index is 13.4. The average Bonchev–Trinajstić information content (AvgIpc) is 3.27. The Bertz CT molecular complexity index is 1140. The number of aryl methyl sites for hydroxylation is 1. The molecule has 0 saturated heterocycles. The van der Waals surface area contributed by atoms with Gasteiger partial charge in [-0.05, 0) is 50.2 Å².